The van der Waals surface area contributed by atoms with Crippen LogP contribution in [0.5, 0.6) is 0 Å². The van der Waals surface area contributed by atoms with Crippen LogP contribution in [0.2, 0.25) is 0 Å². The molecular formula is C13H17NO. The molecule has 0 fully saturated rings. The molecule has 1 aromatic carbocycles. The average Bonchev–Trinajstić information content (AvgIpc) is 2.23. The van der Waals surface area contributed by atoms with Crippen molar-refractivity contribution in [2.45, 2.75) is 26.3 Å². The van der Waals surface area contributed by atoms with Crippen LogP contribution in [0.15, 0.2) is 24.3 Å². The molecule has 80 valence electrons. The Hall–Kier alpha value is -1.31. The lowest BCUT2D eigenvalue weighted by Gasteiger charge is -2.36. The molecule has 0 aliphatic carbocycles. The first-order chi connectivity index (χ1) is 7.11. The minimum atomic E-state index is 0.163. The van der Waals surface area contributed by atoms with Gasteiger partial charge in [-0.1, -0.05) is 32.0 Å². The number of rotatable bonds is 1. The van der Waals surface area contributed by atoms with Crippen LogP contribution in [0, 0.1) is 5.92 Å². The normalized spacial score (nSPS) is 20.7. The highest BCUT2D eigenvalue weighted by Gasteiger charge is 2.30. The minimum Gasteiger partial charge on any atom is -0.338 e. The number of carbonyl (C=O) groups excluding carboxylic acids is 1. The molecule has 2 nitrogen and oxygen atoms in total. The molecule has 1 amide bonds. The number of carbonyl (C=O) groups is 1. The van der Waals surface area contributed by atoms with Crippen molar-refractivity contribution >= 4 is 5.91 Å². The first kappa shape index (κ1) is 10.2. The van der Waals surface area contributed by atoms with Gasteiger partial charge < -0.3 is 4.90 Å². The van der Waals surface area contributed by atoms with Gasteiger partial charge in [-0.05, 0) is 24.0 Å². The van der Waals surface area contributed by atoms with Gasteiger partial charge in [0.2, 0.25) is 0 Å². The summed E-state index contributed by atoms with van der Waals surface area (Å²) in [6.45, 7) is 4.34. The van der Waals surface area contributed by atoms with E-state index in [0.717, 1.165) is 12.0 Å². The zero-order valence-electron chi connectivity index (χ0n) is 9.53. The third-order valence-corrected chi connectivity index (χ3v) is 3.26. The van der Waals surface area contributed by atoms with Crippen LogP contribution in [-0.2, 0) is 6.42 Å². The van der Waals surface area contributed by atoms with Gasteiger partial charge in [-0.15, -0.1) is 0 Å². The van der Waals surface area contributed by atoms with Crippen molar-refractivity contribution < 1.29 is 4.79 Å². The Kier molecular flexibility index (Phi) is 2.51. The van der Waals surface area contributed by atoms with E-state index >= 15 is 0 Å². The topological polar surface area (TPSA) is 20.3 Å². The van der Waals surface area contributed by atoms with Gasteiger partial charge in [0, 0.05) is 18.7 Å². The Morgan fingerprint density at radius 3 is 2.67 bits per heavy atom. The van der Waals surface area contributed by atoms with Gasteiger partial charge in [0.15, 0.2) is 0 Å². The summed E-state index contributed by atoms with van der Waals surface area (Å²) in [5.74, 6) is 0.669. The van der Waals surface area contributed by atoms with Gasteiger partial charge in [-0.25, -0.2) is 0 Å². The molecule has 0 aromatic heterocycles. The van der Waals surface area contributed by atoms with Crippen LogP contribution >= 0.6 is 0 Å². The third kappa shape index (κ3) is 1.65. The maximum atomic E-state index is 12.1. The van der Waals surface area contributed by atoms with E-state index < -0.39 is 0 Å². The molecule has 2 rings (SSSR count). The molecular weight excluding hydrogens is 186 g/mol. The predicted octanol–water partition coefficient (Wildman–Crippen LogP) is 2.34. The van der Waals surface area contributed by atoms with Gasteiger partial charge in [-0.3, -0.25) is 4.79 Å². The molecule has 0 radical (unpaired) electrons. The van der Waals surface area contributed by atoms with Gasteiger partial charge in [0.05, 0.1) is 0 Å². The molecule has 1 unspecified atom stereocenters. The van der Waals surface area contributed by atoms with Crippen molar-refractivity contribution in [3.05, 3.63) is 35.4 Å². The minimum absolute atomic E-state index is 0.163. The SMILES string of the molecule is CC(C)C1Cc2ccccc2C(=O)N1C. The van der Waals surface area contributed by atoms with Crippen molar-refractivity contribution in [2.75, 3.05) is 7.05 Å². The molecule has 0 N–H and O–H groups in total. The summed E-state index contributed by atoms with van der Waals surface area (Å²) >= 11 is 0. The smallest absolute Gasteiger partial charge is 0.254 e. The molecule has 1 heterocycles. The standard InChI is InChI=1S/C13H17NO/c1-9(2)12-8-10-6-4-5-7-11(10)13(15)14(12)3/h4-7,9,12H,8H2,1-3H3. The lowest BCUT2D eigenvalue weighted by atomic mass is 9.88. The van der Waals surface area contributed by atoms with E-state index in [1.54, 1.807) is 0 Å². The highest BCUT2D eigenvalue weighted by molar-refractivity contribution is 5.96. The summed E-state index contributed by atoms with van der Waals surface area (Å²) in [4.78, 5) is 13.9. The van der Waals surface area contributed by atoms with Gasteiger partial charge >= 0.3 is 0 Å². The first-order valence-electron chi connectivity index (χ1n) is 5.46. The van der Waals surface area contributed by atoms with E-state index in [2.05, 4.69) is 19.9 Å². The van der Waals surface area contributed by atoms with Crippen LogP contribution in [0.25, 0.3) is 0 Å². The zero-order chi connectivity index (χ0) is 11.0. The van der Waals surface area contributed by atoms with Gasteiger partial charge in [0.25, 0.3) is 5.91 Å². The fourth-order valence-electron chi connectivity index (χ4n) is 2.29. The Bertz CT molecular complexity index is 384. The van der Waals surface area contributed by atoms with Crippen molar-refractivity contribution in [1.29, 1.82) is 0 Å². The second-order valence-corrected chi connectivity index (χ2v) is 4.59. The molecule has 1 aromatic rings. The van der Waals surface area contributed by atoms with Gasteiger partial charge in [-0.2, -0.15) is 0 Å². The van der Waals surface area contributed by atoms with E-state index in [1.807, 2.05) is 30.1 Å². The number of nitrogens with zero attached hydrogens (tertiary/aromatic N) is 1. The molecule has 2 heteroatoms. The lowest BCUT2D eigenvalue weighted by molar-refractivity contribution is 0.0660. The van der Waals surface area contributed by atoms with Crippen LogP contribution in [-0.4, -0.2) is 23.9 Å². The predicted molar refractivity (Wildman–Crippen MR) is 60.9 cm³/mol. The fourth-order valence-corrected chi connectivity index (χ4v) is 2.29. The highest BCUT2D eigenvalue weighted by atomic mass is 16.2. The Balaban J connectivity index is 2.41. The van der Waals surface area contributed by atoms with Crippen LogP contribution in [0.1, 0.15) is 29.8 Å². The second-order valence-electron chi connectivity index (χ2n) is 4.59. The van der Waals surface area contributed by atoms with Crippen LogP contribution in [0.4, 0.5) is 0 Å². The summed E-state index contributed by atoms with van der Waals surface area (Å²) in [5.41, 5.74) is 2.07. The number of benzene rings is 1. The summed E-state index contributed by atoms with van der Waals surface area (Å²) in [6.07, 6.45) is 0.982. The van der Waals surface area contributed by atoms with Crippen LogP contribution in [0.3, 0.4) is 0 Å². The Morgan fingerprint density at radius 2 is 2.00 bits per heavy atom. The number of hydrogen-bond acceptors (Lipinski definition) is 1. The monoisotopic (exact) mass is 203 g/mol. The Morgan fingerprint density at radius 1 is 1.33 bits per heavy atom. The molecule has 1 aliphatic heterocycles. The van der Waals surface area contributed by atoms with Crippen LogP contribution < -0.4 is 0 Å². The van der Waals surface area contributed by atoms with Gasteiger partial charge in [0.1, 0.15) is 0 Å². The van der Waals surface area contributed by atoms with Crippen molar-refractivity contribution in [1.82, 2.24) is 4.90 Å². The van der Waals surface area contributed by atoms with Crippen molar-refractivity contribution in [2.24, 2.45) is 5.92 Å². The number of hydrogen-bond donors (Lipinski definition) is 0. The summed E-state index contributed by atoms with van der Waals surface area (Å²) in [6, 6.07) is 8.27. The number of amides is 1. The highest BCUT2D eigenvalue weighted by Crippen LogP contribution is 2.25. The van der Waals surface area contributed by atoms with E-state index in [-0.39, 0.29) is 5.91 Å². The third-order valence-electron chi connectivity index (χ3n) is 3.26. The number of likely N-dealkylation sites (N-methyl/N-ethyl adjacent to an activating group) is 1. The molecule has 0 saturated heterocycles. The molecule has 0 saturated carbocycles. The average molecular weight is 203 g/mol. The summed E-state index contributed by atoms with van der Waals surface area (Å²) < 4.78 is 0. The van der Waals surface area contributed by atoms with E-state index in [1.165, 1.54) is 5.56 Å². The largest absolute Gasteiger partial charge is 0.338 e. The van der Waals surface area contributed by atoms with Crippen molar-refractivity contribution in [3.63, 3.8) is 0 Å². The molecule has 1 aliphatic rings. The zero-order valence-corrected chi connectivity index (χ0v) is 9.53. The molecule has 0 bridgehead atoms. The first-order valence-corrected chi connectivity index (χ1v) is 5.46. The number of fused-ring (bicyclic) bond motifs is 1. The molecule has 15 heavy (non-hydrogen) atoms. The fraction of sp³-hybridized carbons (Fsp3) is 0.462. The van der Waals surface area contributed by atoms with E-state index in [0.29, 0.717) is 12.0 Å². The summed E-state index contributed by atoms with van der Waals surface area (Å²) in [5, 5.41) is 0. The Labute approximate surface area is 90.9 Å². The molecule has 1 atom stereocenters. The summed E-state index contributed by atoms with van der Waals surface area (Å²) in [7, 11) is 1.91. The lowest BCUT2D eigenvalue weighted by Crippen LogP contribution is -2.45. The maximum Gasteiger partial charge on any atom is 0.254 e. The van der Waals surface area contributed by atoms with E-state index in [9.17, 15) is 4.79 Å². The second kappa shape index (κ2) is 3.69. The quantitative estimate of drug-likeness (QED) is 0.686. The van der Waals surface area contributed by atoms with Crippen molar-refractivity contribution in [3.8, 4) is 0 Å². The maximum absolute atomic E-state index is 12.1. The molecule has 0 spiro atoms. The van der Waals surface area contributed by atoms with E-state index in [4.69, 9.17) is 0 Å².